The molecule has 0 aliphatic rings. The van der Waals surface area contributed by atoms with Crippen LogP contribution in [0.25, 0.3) is 16.9 Å². The van der Waals surface area contributed by atoms with Gasteiger partial charge in [0.15, 0.2) is 5.65 Å². The van der Waals surface area contributed by atoms with Crippen molar-refractivity contribution in [2.24, 2.45) is 0 Å². The van der Waals surface area contributed by atoms with E-state index < -0.39 is 0 Å². The van der Waals surface area contributed by atoms with Crippen molar-refractivity contribution in [3.63, 3.8) is 0 Å². The Balaban J connectivity index is 2.14. The van der Waals surface area contributed by atoms with Gasteiger partial charge in [0.05, 0.1) is 11.9 Å². The van der Waals surface area contributed by atoms with Crippen LogP contribution in [0.1, 0.15) is 0 Å². The minimum Gasteiger partial charge on any atom is -0.302 e. The maximum absolute atomic E-state index is 5.86. The van der Waals surface area contributed by atoms with Crippen molar-refractivity contribution in [1.82, 2.24) is 14.4 Å². The molecule has 3 nitrogen and oxygen atoms in total. The molecule has 3 rings (SSSR count). The van der Waals surface area contributed by atoms with E-state index in [9.17, 15) is 0 Å². The zero-order valence-electron chi connectivity index (χ0n) is 8.64. The molecule has 0 amide bonds. The Morgan fingerprint density at radius 3 is 2.65 bits per heavy atom. The Labute approximate surface area is 111 Å². The lowest BCUT2D eigenvalue weighted by Crippen LogP contribution is -1.84. The van der Waals surface area contributed by atoms with Crippen molar-refractivity contribution in [1.29, 1.82) is 0 Å². The predicted molar refractivity (Wildman–Crippen MR) is 71.1 cm³/mol. The number of hydrogen-bond donors (Lipinski definition) is 0. The van der Waals surface area contributed by atoms with Crippen molar-refractivity contribution >= 4 is 33.2 Å². The van der Waals surface area contributed by atoms with Crippen molar-refractivity contribution in [3.8, 4) is 11.3 Å². The smallest absolute Gasteiger partial charge is 0.156 e. The van der Waals surface area contributed by atoms with Crippen molar-refractivity contribution in [3.05, 3.63) is 52.5 Å². The quantitative estimate of drug-likeness (QED) is 0.684. The van der Waals surface area contributed by atoms with Crippen molar-refractivity contribution < 1.29 is 0 Å². The molecular formula is C12H7BrClN3. The van der Waals surface area contributed by atoms with Crippen LogP contribution in [0, 0.1) is 0 Å². The average Bonchev–Trinajstić information content (AvgIpc) is 2.72. The third kappa shape index (κ3) is 2.06. The number of aromatic nitrogens is 3. The molecule has 5 heteroatoms. The highest BCUT2D eigenvalue weighted by Crippen LogP contribution is 2.21. The van der Waals surface area contributed by atoms with Crippen LogP contribution >= 0.6 is 27.5 Å². The van der Waals surface area contributed by atoms with Crippen LogP contribution < -0.4 is 0 Å². The Morgan fingerprint density at radius 1 is 1.12 bits per heavy atom. The topological polar surface area (TPSA) is 30.2 Å². The molecule has 17 heavy (non-hydrogen) atoms. The molecule has 0 spiro atoms. The van der Waals surface area contributed by atoms with Gasteiger partial charge in [-0.05, 0) is 28.1 Å². The van der Waals surface area contributed by atoms with Crippen LogP contribution in [0.15, 0.2) is 47.5 Å². The van der Waals surface area contributed by atoms with Gasteiger partial charge in [-0.1, -0.05) is 23.7 Å². The molecule has 0 saturated heterocycles. The predicted octanol–water partition coefficient (Wildman–Crippen LogP) is 3.81. The minimum atomic E-state index is 0.724. The van der Waals surface area contributed by atoms with E-state index in [0.29, 0.717) is 0 Å². The SMILES string of the molecule is Clc1ccc(-c2cn3cc(Br)ncc3n2)cc1. The van der Waals surface area contributed by atoms with E-state index in [1.54, 1.807) is 6.20 Å². The van der Waals surface area contributed by atoms with E-state index in [0.717, 1.165) is 26.5 Å². The highest BCUT2D eigenvalue weighted by atomic mass is 79.9. The first-order chi connectivity index (χ1) is 8.22. The monoisotopic (exact) mass is 307 g/mol. The Kier molecular flexibility index (Phi) is 2.61. The fourth-order valence-corrected chi connectivity index (χ4v) is 2.08. The summed E-state index contributed by atoms with van der Waals surface area (Å²) in [5.41, 5.74) is 2.76. The van der Waals surface area contributed by atoms with Crippen LogP contribution in [0.5, 0.6) is 0 Å². The summed E-state index contributed by atoms with van der Waals surface area (Å²) in [5.74, 6) is 0. The zero-order valence-corrected chi connectivity index (χ0v) is 11.0. The van der Waals surface area contributed by atoms with Crippen molar-refractivity contribution in [2.75, 3.05) is 0 Å². The molecule has 2 heterocycles. The molecule has 3 aromatic rings. The molecule has 1 aromatic carbocycles. The van der Waals surface area contributed by atoms with Crippen LogP contribution in [0.2, 0.25) is 5.02 Å². The number of hydrogen-bond acceptors (Lipinski definition) is 2. The van der Waals surface area contributed by atoms with Gasteiger partial charge in [0.2, 0.25) is 0 Å². The number of rotatable bonds is 1. The number of nitrogens with zero attached hydrogens (tertiary/aromatic N) is 3. The summed E-state index contributed by atoms with van der Waals surface area (Å²) in [4.78, 5) is 8.63. The molecule has 0 bridgehead atoms. The molecule has 0 unspecified atom stereocenters. The average molecular weight is 309 g/mol. The van der Waals surface area contributed by atoms with Gasteiger partial charge in [-0.2, -0.15) is 0 Å². The van der Waals surface area contributed by atoms with Crippen LogP contribution in [-0.4, -0.2) is 14.4 Å². The van der Waals surface area contributed by atoms with Crippen LogP contribution in [0.4, 0.5) is 0 Å². The summed E-state index contributed by atoms with van der Waals surface area (Å²) in [7, 11) is 0. The van der Waals surface area contributed by atoms with E-state index >= 15 is 0 Å². The van der Waals surface area contributed by atoms with Gasteiger partial charge in [-0.3, -0.25) is 0 Å². The fraction of sp³-hybridized carbons (Fsp3) is 0. The van der Waals surface area contributed by atoms with E-state index in [-0.39, 0.29) is 0 Å². The standard InChI is InChI=1S/C12H7BrClN3/c13-11-7-17-6-10(16-12(17)5-15-11)8-1-3-9(14)4-2-8/h1-7H. The number of fused-ring (bicyclic) bond motifs is 1. The highest BCUT2D eigenvalue weighted by Gasteiger charge is 2.04. The lowest BCUT2D eigenvalue weighted by Gasteiger charge is -1.94. The van der Waals surface area contributed by atoms with E-state index in [1.807, 2.05) is 41.1 Å². The van der Waals surface area contributed by atoms with Gasteiger partial charge in [-0.25, -0.2) is 9.97 Å². The van der Waals surface area contributed by atoms with E-state index in [4.69, 9.17) is 11.6 Å². The zero-order chi connectivity index (χ0) is 11.8. The first kappa shape index (κ1) is 10.7. The van der Waals surface area contributed by atoms with Gasteiger partial charge in [-0.15, -0.1) is 0 Å². The summed E-state index contributed by atoms with van der Waals surface area (Å²) in [5, 5.41) is 0.724. The molecule has 0 N–H and O–H groups in total. The third-order valence-electron chi connectivity index (χ3n) is 2.45. The molecule has 0 saturated carbocycles. The van der Waals surface area contributed by atoms with Gasteiger partial charge < -0.3 is 4.40 Å². The largest absolute Gasteiger partial charge is 0.302 e. The van der Waals surface area contributed by atoms with E-state index in [1.165, 1.54) is 0 Å². The molecule has 0 radical (unpaired) electrons. The van der Waals surface area contributed by atoms with Crippen LogP contribution in [-0.2, 0) is 0 Å². The first-order valence-electron chi connectivity index (χ1n) is 4.98. The Hall–Kier alpha value is -1.39. The van der Waals surface area contributed by atoms with Gasteiger partial charge >= 0.3 is 0 Å². The maximum atomic E-state index is 5.86. The molecule has 2 aromatic heterocycles. The molecule has 84 valence electrons. The van der Waals surface area contributed by atoms with E-state index in [2.05, 4.69) is 25.9 Å². The molecular weight excluding hydrogens is 302 g/mol. The number of benzene rings is 1. The molecule has 0 atom stereocenters. The Bertz CT molecular complexity index is 676. The second-order valence-electron chi connectivity index (χ2n) is 3.61. The first-order valence-corrected chi connectivity index (χ1v) is 6.16. The summed E-state index contributed by atoms with van der Waals surface area (Å²) in [6.07, 6.45) is 5.57. The molecule has 0 fully saturated rings. The minimum absolute atomic E-state index is 0.724. The number of halogens is 2. The summed E-state index contributed by atoms with van der Waals surface area (Å²) in [6.45, 7) is 0. The van der Waals surface area contributed by atoms with Crippen LogP contribution in [0.3, 0.4) is 0 Å². The van der Waals surface area contributed by atoms with Gasteiger partial charge in [0.25, 0.3) is 0 Å². The molecule has 0 aliphatic heterocycles. The highest BCUT2D eigenvalue weighted by molar-refractivity contribution is 9.10. The van der Waals surface area contributed by atoms with Gasteiger partial charge in [0.1, 0.15) is 4.60 Å². The normalized spacial score (nSPS) is 10.9. The second kappa shape index (κ2) is 4.13. The summed E-state index contributed by atoms with van der Waals surface area (Å²) in [6, 6.07) is 7.61. The third-order valence-corrected chi connectivity index (χ3v) is 3.11. The lowest BCUT2D eigenvalue weighted by molar-refractivity contribution is 1.10. The van der Waals surface area contributed by atoms with Crippen molar-refractivity contribution in [2.45, 2.75) is 0 Å². The second-order valence-corrected chi connectivity index (χ2v) is 4.86. The fourth-order valence-electron chi connectivity index (χ4n) is 1.63. The summed E-state index contributed by atoms with van der Waals surface area (Å²) >= 11 is 9.19. The van der Waals surface area contributed by atoms with Gasteiger partial charge in [0, 0.05) is 23.0 Å². The summed E-state index contributed by atoms with van der Waals surface area (Å²) < 4.78 is 2.71. The maximum Gasteiger partial charge on any atom is 0.156 e. The number of imidazole rings is 1. The molecule has 0 aliphatic carbocycles. The lowest BCUT2D eigenvalue weighted by atomic mass is 10.2. The Morgan fingerprint density at radius 2 is 1.88 bits per heavy atom.